The zero-order valence-corrected chi connectivity index (χ0v) is 19.4. The lowest BCUT2D eigenvalue weighted by Crippen LogP contribution is -2.22. The molecule has 0 aliphatic heterocycles. The van der Waals surface area contributed by atoms with Gasteiger partial charge in [-0.05, 0) is 58.8 Å². The first-order chi connectivity index (χ1) is 17.3. The predicted molar refractivity (Wildman–Crippen MR) is 132 cm³/mol. The fourth-order valence-corrected chi connectivity index (χ4v) is 3.48. The van der Waals surface area contributed by atoms with E-state index in [4.69, 9.17) is 20.3 Å². The second-order valence-electron chi connectivity index (χ2n) is 7.93. The van der Waals surface area contributed by atoms with Crippen molar-refractivity contribution in [1.82, 2.24) is 5.32 Å². The normalized spacial score (nSPS) is 10.6. The summed E-state index contributed by atoms with van der Waals surface area (Å²) in [6.07, 6.45) is 0.129. The highest BCUT2D eigenvalue weighted by Gasteiger charge is 2.15. The minimum absolute atomic E-state index is 0.00145. The van der Waals surface area contributed by atoms with Gasteiger partial charge in [0.05, 0.1) is 20.1 Å². The number of nitrogens with two attached hydrogens (primary N) is 1. The highest BCUT2D eigenvalue weighted by molar-refractivity contribution is 5.99. The number of ether oxygens (including phenoxy) is 2. The molecule has 0 atom stereocenters. The molecule has 4 aromatic rings. The number of rotatable bonds is 8. The average Bonchev–Trinajstić information content (AvgIpc) is 3.36. The number of amidine groups is 1. The van der Waals surface area contributed by atoms with Crippen LogP contribution in [0.2, 0.25) is 0 Å². The van der Waals surface area contributed by atoms with Gasteiger partial charge in [-0.25, -0.2) is 4.79 Å². The SMILES string of the molecule is COC(=O)Cc1ccc(C(=O)NCc2ccc(C(=O)Oc3ccc4cc(C(=N)N)ccc4c3)o2)cc1. The molecule has 0 radical (unpaired) electrons. The van der Waals surface area contributed by atoms with Gasteiger partial charge >= 0.3 is 11.9 Å². The molecule has 0 aliphatic carbocycles. The summed E-state index contributed by atoms with van der Waals surface area (Å²) in [5.41, 5.74) is 7.29. The fourth-order valence-electron chi connectivity index (χ4n) is 3.48. The lowest BCUT2D eigenvalue weighted by Gasteiger charge is -2.06. The van der Waals surface area contributed by atoms with Gasteiger partial charge in [-0.15, -0.1) is 0 Å². The van der Waals surface area contributed by atoms with Crippen LogP contribution in [0.25, 0.3) is 10.8 Å². The monoisotopic (exact) mass is 485 g/mol. The van der Waals surface area contributed by atoms with Crippen molar-refractivity contribution in [2.24, 2.45) is 5.73 Å². The fraction of sp³-hybridized carbons (Fsp3) is 0.111. The Bertz CT molecular complexity index is 1460. The van der Waals surface area contributed by atoms with Gasteiger partial charge in [0, 0.05) is 11.1 Å². The number of nitrogens with one attached hydrogen (secondary N) is 2. The van der Waals surface area contributed by atoms with E-state index in [1.165, 1.54) is 13.2 Å². The summed E-state index contributed by atoms with van der Waals surface area (Å²) in [4.78, 5) is 36.3. The third-order valence-corrected chi connectivity index (χ3v) is 5.41. The molecule has 0 saturated carbocycles. The standard InChI is InChI=1S/C27H23N3O6/c1-34-24(31)12-16-2-4-17(5-3-16)26(32)30-15-22-10-11-23(35-22)27(33)36-21-9-8-18-13-20(25(28)29)7-6-19(18)14-21/h2-11,13-14H,12,15H2,1H3,(H3,28,29)(H,30,32). The van der Waals surface area contributed by atoms with E-state index in [0.717, 1.165) is 16.3 Å². The van der Waals surface area contributed by atoms with Gasteiger partial charge in [0.2, 0.25) is 5.76 Å². The first kappa shape index (κ1) is 24.2. The van der Waals surface area contributed by atoms with E-state index in [0.29, 0.717) is 22.6 Å². The average molecular weight is 485 g/mol. The van der Waals surface area contributed by atoms with Crippen molar-refractivity contribution in [3.63, 3.8) is 0 Å². The maximum absolute atomic E-state index is 12.5. The molecule has 4 rings (SSSR count). The second kappa shape index (κ2) is 10.6. The van der Waals surface area contributed by atoms with Crippen LogP contribution in [0, 0.1) is 5.41 Å². The molecule has 0 fully saturated rings. The number of furan rings is 1. The molecule has 36 heavy (non-hydrogen) atoms. The van der Waals surface area contributed by atoms with Gasteiger partial charge in [-0.3, -0.25) is 15.0 Å². The Morgan fingerprint density at radius 3 is 2.33 bits per heavy atom. The number of nitrogen functional groups attached to an aromatic ring is 1. The number of benzene rings is 3. The van der Waals surface area contributed by atoms with Gasteiger partial charge in [0.15, 0.2) is 0 Å². The van der Waals surface area contributed by atoms with Gasteiger partial charge in [0.1, 0.15) is 17.3 Å². The number of esters is 2. The molecule has 9 heteroatoms. The van der Waals surface area contributed by atoms with Crippen LogP contribution in [0.3, 0.4) is 0 Å². The molecule has 182 valence electrons. The molecule has 1 aromatic heterocycles. The van der Waals surface area contributed by atoms with E-state index in [9.17, 15) is 14.4 Å². The first-order valence-corrected chi connectivity index (χ1v) is 11.0. The van der Waals surface area contributed by atoms with Crippen LogP contribution in [0.15, 0.2) is 77.2 Å². The van der Waals surface area contributed by atoms with Gasteiger partial charge in [-0.1, -0.05) is 30.3 Å². The van der Waals surface area contributed by atoms with Crippen LogP contribution in [-0.4, -0.2) is 30.8 Å². The molecule has 0 spiro atoms. The van der Waals surface area contributed by atoms with E-state index in [1.807, 2.05) is 0 Å². The number of carbonyl (C=O) groups is 3. The van der Waals surface area contributed by atoms with Crippen LogP contribution >= 0.6 is 0 Å². The maximum atomic E-state index is 12.5. The van der Waals surface area contributed by atoms with E-state index < -0.39 is 5.97 Å². The quantitative estimate of drug-likeness (QED) is 0.150. The first-order valence-electron chi connectivity index (χ1n) is 11.0. The molecule has 0 bridgehead atoms. The summed E-state index contributed by atoms with van der Waals surface area (Å²) in [7, 11) is 1.32. The van der Waals surface area contributed by atoms with Crippen molar-refractivity contribution < 1.29 is 28.3 Å². The Kier molecular flexibility index (Phi) is 7.10. The Labute approximate surface area is 206 Å². The van der Waals surface area contributed by atoms with Crippen molar-refractivity contribution in [2.75, 3.05) is 7.11 Å². The Morgan fingerprint density at radius 1 is 0.917 bits per heavy atom. The molecule has 0 saturated heterocycles. The number of hydrogen-bond acceptors (Lipinski definition) is 7. The molecule has 1 heterocycles. The third kappa shape index (κ3) is 5.76. The maximum Gasteiger partial charge on any atom is 0.379 e. The summed E-state index contributed by atoms with van der Waals surface area (Å²) >= 11 is 0. The van der Waals surface area contributed by atoms with E-state index >= 15 is 0 Å². The number of fused-ring (bicyclic) bond motifs is 1. The topological polar surface area (TPSA) is 145 Å². The van der Waals surface area contributed by atoms with Crippen LogP contribution < -0.4 is 15.8 Å². The van der Waals surface area contributed by atoms with Crippen molar-refractivity contribution in [2.45, 2.75) is 13.0 Å². The summed E-state index contributed by atoms with van der Waals surface area (Å²) < 4.78 is 15.6. The third-order valence-electron chi connectivity index (χ3n) is 5.41. The zero-order chi connectivity index (χ0) is 25.7. The van der Waals surface area contributed by atoms with Crippen LogP contribution in [0.4, 0.5) is 0 Å². The Morgan fingerprint density at radius 2 is 1.61 bits per heavy atom. The molecule has 9 nitrogen and oxygen atoms in total. The summed E-state index contributed by atoms with van der Waals surface area (Å²) in [6.45, 7) is 0.0739. The van der Waals surface area contributed by atoms with Crippen LogP contribution in [0.5, 0.6) is 5.75 Å². The Hall–Kier alpha value is -4.92. The van der Waals surface area contributed by atoms with Crippen LogP contribution in [0.1, 0.15) is 37.8 Å². The predicted octanol–water partition coefficient (Wildman–Crippen LogP) is 3.58. The molecule has 1 amide bonds. The minimum atomic E-state index is -0.673. The molecule has 0 aliphatic rings. The molecule has 4 N–H and O–H groups in total. The lowest BCUT2D eigenvalue weighted by molar-refractivity contribution is -0.139. The Balaban J connectivity index is 1.34. The van der Waals surface area contributed by atoms with Gasteiger partial charge in [0.25, 0.3) is 5.91 Å². The van der Waals surface area contributed by atoms with Crippen molar-refractivity contribution in [1.29, 1.82) is 5.41 Å². The van der Waals surface area contributed by atoms with E-state index in [2.05, 4.69) is 10.1 Å². The van der Waals surface area contributed by atoms with Crippen molar-refractivity contribution >= 4 is 34.5 Å². The molecular formula is C27H23N3O6. The highest BCUT2D eigenvalue weighted by Crippen LogP contribution is 2.23. The summed E-state index contributed by atoms with van der Waals surface area (Å²) in [6, 6.07) is 20.1. The number of hydrogen-bond donors (Lipinski definition) is 3. The number of carbonyl (C=O) groups excluding carboxylic acids is 3. The summed E-state index contributed by atoms with van der Waals surface area (Å²) in [5, 5.41) is 11.9. The largest absolute Gasteiger partial charge is 0.469 e. The number of amides is 1. The lowest BCUT2D eigenvalue weighted by atomic mass is 10.1. The molecule has 3 aromatic carbocycles. The minimum Gasteiger partial charge on any atom is -0.469 e. The van der Waals surface area contributed by atoms with Crippen molar-refractivity contribution in [3.05, 3.63) is 101 Å². The van der Waals surface area contributed by atoms with Crippen molar-refractivity contribution in [3.8, 4) is 5.75 Å². The second-order valence-corrected chi connectivity index (χ2v) is 7.93. The van der Waals surface area contributed by atoms with Crippen LogP contribution in [-0.2, 0) is 22.5 Å². The smallest absolute Gasteiger partial charge is 0.379 e. The van der Waals surface area contributed by atoms with Gasteiger partial charge in [-0.2, -0.15) is 0 Å². The van der Waals surface area contributed by atoms with E-state index in [1.54, 1.807) is 66.7 Å². The van der Waals surface area contributed by atoms with E-state index in [-0.39, 0.29) is 36.4 Å². The van der Waals surface area contributed by atoms with Gasteiger partial charge < -0.3 is 24.9 Å². The zero-order valence-electron chi connectivity index (χ0n) is 19.4. The molecular weight excluding hydrogens is 462 g/mol. The highest BCUT2D eigenvalue weighted by atomic mass is 16.5. The summed E-state index contributed by atoms with van der Waals surface area (Å²) in [5.74, 6) is -0.664. The number of methoxy groups -OCH3 is 1. The molecule has 0 unspecified atom stereocenters.